The predicted molar refractivity (Wildman–Crippen MR) is 116 cm³/mol. The molecule has 0 aliphatic carbocycles. The second-order valence-corrected chi connectivity index (χ2v) is 7.66. The van der Waals surface area contributed by atoms with Crippen molar-refractivity contribution in [1.29, 1.82) is 0 Å². The number of nitrogens with two attached hydrogens (primary N) is 1. The average Bonchev–Trinajstić information content (AvgIpc) is 3.12. The minimum atomic E-state index is -1.23. The Kier molecular flexibility index (Phi) is 6.91. The number of nitrogens with one attached hydrogen (secondary N) is 2. The molecule has 0 fully saturated rings. The highest BCUT2D eigenvalue weighted by Crippen LogP contribution is 2.31. The number of H-pyrrole nitrogens is 1. The number of aromatic carboxylic acids is 1. The van der Waals surface area contributed by atoms with Crippen LogP contribution in [0.2, 0.25) is 0 Å². The molecule has 5 N–H and O–H groups in total. The van der Waals surface area contributed by atoms with Gasteiger partial charge in [-0.1, -0.05) is 6.07 Å². The van der Waals surface area contributed by atoms with Crippen LogP contribution in [0.5, 0.6) is 5.75 Å². The van der Waals surface area contributed by atoms with Gasteiger partial charge in [-0.15, -0.1) is 23.7 Å². The first kappa shape index (κ1) is 22.7. The van der Waals surface area contributed by atoms with Gasteiger partial charge >= 0.3 is 5.97 Å². The van der Waals surface area contributed by atoms with Gasteiger partial charge in [-0.3, -0.25) is 9.59 Å². The summed E-state index contributed by atoms with van der Waals surface area (Å²) in [5.41, 5.74) is 7.71. The summed E-state index contributed by atoms with van der Waals surface area (Å²) in [5, 5.41) is 12.0. The number of fused-ring (bicyclic) bond motifs is 4. The third kappa shape index (κ3) is 4.69. The van der Waals surface area contributed by atoms with Gasteiger partial charge in [-0.25, -0.2) is 9.78 Å². The zero-order valence-electron chi connectivity index (χ0n) is 16.1. The van der Waals surface area contributed by atoms with E-state index in [1.165, 1.54) is 11.3 Å². The molecule has 164 valence electrons. The second-order valence-electron chi connectivity index (χ2n) is 6.58. The van der Waals surface area contributed by atoms with Crippen molar-refractivity contribution in [1.82, 2.24) is 9.97 Å². The van der Waals surface area contributed by atoms with Gasteiger partial charge in [0.2, 0.25) is 5.82 Å². The Morgan fingerprint density at radius 2 is 2.10 bits per heavy atom. The van der Waals surface area contributed by atoms with Crippen molar-refractivity contribution < 1.29 is 24.2 Å². The van der Waals surface area contributed by atoms with Crippen LogP contribution in [-0.4, -0.2) is 40.2 Å². The molecule has 4 heterocycles. The Morgan fingerprint density at radius 1 is 1.29 bits per heavy atom. The van der Waals surface area contributed by atoms with Crippen LogP contribution in [0.15, 0.2) is 23.0 Å². The molecule has 0 spiro atoms. The number of amides is 1. The minimum absolute atomic E-state index is 0. The predicted octanol–water partition coefficient (Wildman–Crippen LogP) is 1.65. The zero-order chi connectivity index (χ0) is 21.3. The SMILES string of the molecule is Cl.NCc1ccc2c(c1)NC(=O)CO2.O=C(O)c1nc2sc3c(c2c(=O)[nH]1)CCOC3. The lowest BCUT2D eigenvalue weighted by atomic mass is 10.1. The molecule has 3 aromatic rings. The van der Waals surface area contributed by atoms with Crippen LogP contribution < -0.4 is 21.3 Å². The fourth-order valence-corrected chi connectivity index (χ4v) is 4.35. The number of rotatable bonds is 2. The van der Waals surface area contributed by atoms with Gasteiger partial charge in [0.25, 0.3) is 11.5 Å². The number of aromatic nitrogens is 2. The monoisotopic (exact) mass is 466 g/mol. The summed E-state index contributed by atoms with van der Waals surface area (Å²) in [5.74, 6) is -0.966. The molecular formula is C19H19ClN4O6S. The number of hydrogen-bond acceptors (Lipinski definition) is 8. The summed E-state index contributed by atoms with van der Waals surface area (Å²) in [7, 11) is 0. The molecule has 1 aromatic carbocycles. The standard InChI is InChI=1S/C10H8N2O4S.C9H10N2O2.ClH/c13-8-6-4-1-2-16-3-5(4)17-9(6)12-7(11-8)10(14)15;10-4-6-1-2-8-7(3-6)11-9(12)5-13-8;/h1-3H2,(H,14,15)(H,11,12,13);1-3H,4-5,10H2,(H,11,12);1H. The van der Waals surface area contributed by atoms with Crippen molar-refractivity contribution in [2.45, 2.75) is 19.6 Å². The molecule has 2 aromatic heterocycles. The fourth-order valence-electron chi connectivity index (χ4n) is 3.19. The molecule has 31 heavy (non-hydrogen) atoms. The third-order valence-corrected chi connectivity index (χ3v) is 5.69. The van der Waals surface area contributed by atoms with E-state index >= 15 is 0 Å². The number of carboxylic acids is 1. The van der Waals surface area contributed by atoms with Gasteiger partial charge in [0.1, 0.15) is 10.6 Å². The molecule has 5 rings (SSSR count). The Balaban J connectivity index is 0.000000176. The number of carbonyl (C=O) groups is 2. The minimum Gasteiger partial charge on any atom is -0.482 e. The van der Waals surface area contributed by atoms with Crippen LogP contribution in [-0.2, 0) is 29.1 Å². The van der Waals surface area contributed by atoms with Crippen molar-refractivity contribution >= 4 is 51.5 Å². The van der Waals surface area contributed by atoms with E-state index in [2.05, 4.69) is 15.3 Å². The summed E-state index contributed by atoms with van der Waals surface area (Å²) < 4.78 is 10.5. The number of halogens is 1. The summed E-state index contributed by atoms with van der Waals surface area (Å²) in [6, 6.07) is 5.53. The topological polar surface area (TPSA) is 157 Å². The summed E-state index contributed by atoms with van der Waals surface area (Å²) in [6.45, 7) is 1.61. The summed E-state index contributed by atoms with van der Waals surface area (Å²) in [6.07, 6.45) is 0.673. The molecular weight excluding hydrogens is 448 g/mol. The number of aromatic amines is 1. The first-order valence-electron chi connectivity index (χ1n) is 9.07. The largest absolute Gasteiger partial charge is 0.482 e. The lowest BCUT2D eigenvalue weighted by Gasteiger charge is -2.18. The fraction of sp³-hybridized carbons (Fsp3) is 0.263. The van der Waals surface area contributed by atoms with Crippen molar-refractivity contribution in [3.8, 4) is 5.75 Å². The van der Waals surface area contributed by atoms with E-state index < -0.39 is 5.97 Å². The van der Waals surface area contributed by atoms with Gasteiger partial charge in [-0.05, 0) is 29.7 Å². The molecule has 0 bridgehead atoms. The highest BCUT2D eigenvalue weighted by Gasteiger charge is 2.21. The van der Waals surface area contributed by atoms with E-state index in [1.54, 1.807) is 0 Å². The summed E-state index contributed by atoms with van der Waals surface area (Å²) >= 11 is 1.33. The maximum absolute atomic E-state index is 11.8. The van der Waals surface area contributed by atoms with E-state index in [0.717, 1.165) is 16.0 Å². The highest BCUT2D eigenvalue weighted by molar-refractivity contribution is 7.18. The number of nitrogens with zero attached hydrogens (tertiary/aromatic N) is 1. The second kappa shape index (κ2) is 9.43. The van der Waals surface area contributed by atoms with Crippen LogP contribution in [0.4, 0.5) is 5.69 Å². The number of thiophene rings is 1. The van der Waals surface area contributed by atoms with Crippen molar-refractivity contribution in [2.24, 2.45) is 5.73 Å². The number of carbonyl (C=O) groups excluding carboxylic acids is 1. The van der Waals surface area contributed by atoms with Crippen LogP contribution in [0.3, 0.4) is 0 Å². The van der Waals surface area contributed by atoms with Gasteiger partial charge in [0.05, 0.1) is 24.3 Å². The van der Waals surface area contributed by atoms with Gasteiger partial charge < -0.3 is 30.6 Å². The van der Waals surface area contributed by atoms with Crippen LogP contribution >= 0.6 is 23.7 Å². The average molecular weight is 467 g/mol. The highest BCUT2D eigenvalue weighted by atomic mass is 35.5. The molecule has 0 unspecified atom stereocenters. The Bertz CT molecular complexity index is 1210. The van der Waals surface area contributed by atoms with Crippen molar-refractivity contribution in [2.75, 3.05) is 18.5 Å². The lowest BCUT2D eigenvalue weighted by molar-refractivity contribution is -0.118. The quantitative estimate of drug-likeness (QED) is 0.444. The Hall–Kier alpha value is -2.99. The molecule has 0 atom stereocenters. The molecule has 0 saturated carbocycles. The number of benzene rings is 1. The third-order valence-electron chi connectivity index (χ3n) is 4.59. The molecule has 12 heteroatoms. The zero-order valence-corrected chi connectivity index (χ0v) is 17.7. The first-order chi connectivity index (χ1) is 14.5. The lowest BCUT2D eigenvalue weighted by Crippen LogP contribution is -2.25. The van der Waals surface area contributed by atoms with Crippen LogP contribution in [0.1, 0.15) is 26.6 Å². The van der Waals surface area contributed by atoms with E-state index in [-0.39, 0.29) is 36.3 Å². The Morgan fingerprint density at radius 3 is 2.84 bits per heavy atom. The molecule has 2 aliphatic heterocycles. The van der Waals surface area contributed by atoms with E-state index in [9.17, 15) is 14.4 Å². The number of hydrogen-bond donors (Lipinski definition) is 4. The van der Waals surface area contributed by atoms with Crippen molar-refractivity contribution in [3.63, 3.8) is 0 Å². The van der Waals surface area contributed by atoms with Gasteiger partial charge in [0, 0.05) is 11.4 Å². The smallest absolute Gasteiger partial charge is 0.372 e. The number of carboxylic acid groups (broad SMARTS) is 1. The number of anilines is 1. The molecule has 2 aliphatic rings. The van der Waals surface area contributed by atoms with Crippen LogP contribution in [0.25, 0.3) is 10.2 Å². The first-order valence-corrected chi connectivity index (χ1v) is 9.89. The van der Waals surface area contributed by atoms with Gasteiger partial charge in [-0.2, -0.15) is 0 Å². The van der Waals surface area contributed by atoms with E-state index in [0.29, 0.717) is 47.8 Å². The normalized spacial score (nSPS) is 14.2. The van der Waals surface area contributed by atoms with E-state index in [4.69, 9.17) is 20.3 Å². The van der Waals surface area contributed by atoms with Crippen LogP contribution in [0, 0.1) is 0 Å². The maximum atomic E-state index is 11.8. The van der Waals surface area contributed by atoms with Gasteiger partial charge in [0.15, 0.2) is 6.61 Å². The molecule has 0 radical (unpaired) electrons. The molecule has 0 saturated heterocycles. The van der Waals surface area contributed by atoms with E-state index in [1.807, 2.05) is 18.2 Å². The Labute approximate surface area is 185 Å². The maximum Gasteiger partial charge on any atom is 0.372 e. The number of ether oxygens (including phenoxy) is 2. The van der Waals surface area contributed by atoms with Crippen molar-refractivity contribution in [3.05, 3.63) is 50.4 Å². The molecule has 10 nitrogen and oxygen atoms in total. The molecule has 1 amide bonds. The summed E-state index contributed by atoms with van der Waals surface area (Å²) in [4.78, 5) is 41.3.